The quantitative estimate of drug-likeness (QED) is 0.195. The lowest BCUT2D eigenvalue weighted by Crippen LogP contribution is -2.42. The predicted octanol–water partition coefficient (Wildman–Crippen LogP) is 4.54. The van der Waals surface area contributed by atoms with Gasteiger partial charge in [0.1, 0.15) is 29.3 Å². The van der Waals surface area contributed by atoms with E-state index in [0.717, 1.165) is 12.8 Å². The number of anilines is 1. The third kappa shape index (κ3) is 8.22. The average Bonchev–Trinajstić information content (AvgIpc) is 3.18. The van der Waals surface area contributed by atoms with Crippen LogP contribution in [0.25, 0.3) is 16.7 Å². The van der Waals surface area contributed by atoms with Crippen LogP contribution in [0.4, 0.5) is 14.5 Å². The number of likely N-dealkylation sites (N-methyl/N-ethyl adjacent to an activating group) is 1. The zero-order valence-electron chi connectivity index (χ0n) is 30.0. The van der Waals surface area contributed by atoms with Gasteiger partial charge in [0.05, 0.1) is 21.7 Å². The van der Waals surface area contributed by atoms with Crippen molar-refractivity contribution in [1.29, 1.82) is 0 Å². The number of nitrogens with one attached hydrogen (secondary N) is 2. The first kappa shape index (κ1) is 38.6. The maximum absolute atomic E-state index is 15.2. The van der Waals surface area contributed by atoms with Crippen molar-refractivity contribution in [1.82, 2.24) is 30.1 Å². The normalized spacial score (nSPS) is 15.9. The van der Waals surface area contributed by atoms with E-state index in [2.05, 4.69) is 26.8 Å². The van der Waals surface area contributed by atoms with Gasteiger partial charge in [-0.15, -0.1) is 0 Å². The molecule has 0 radical (unpaired) electrons. The van der Waals surface area contributed by atoms with E-state index >= 15 is 8.78 Å². The molecule has 4 heterocycles. The molecular weight excluding hydrogens is 737 g/mol. The Kier molecular flexibility index (Phi) is 11.1. The minimum absolute atomic E-state index is 0.209. The number of nitrogens with zero attached hydrogens (tertiary/aromatic N) is 5. The molecule has 2 aromatic carbocycles. The molecule has 1 atom stereocenters. The molecule has 17 heteroatoms. The van der Waals surface area contributed by atoms with Gasteiger partial charge in [0.25, 0.3) is 21.8 Å². The van der Waals surface area contributed by atoms with Crippen molar-refractivity contribution in [3.8, 4) is 11.1 Å². The molecule has 55 heavy (non-hydrogen) atoms. The number of pyridine rings is 1. The number of carbonyl (C=O) groups excluding carboxylic acids is 2. The number of allylic oxidation sites excluding steroid dienone is 1. The minimum Gasteiger partial charge on any atom is -0.480 e. The summed E-state index contributed by atoms with van der Waals surface area (Å²) in [6, 6.07) is 8.07. The summed E-state index contributed by atoms with van der Waals surface area (Å²) in [7, 11) is -1.07. The highest BCUT2D eigenvalue weighted by atomic mass is 32.2. The van der Waals surface area contributed by atoms with Crippen LogP contribution in [0.15, 0.2) is 90.1 Å². The summed E-state index contributed by atoms with van der Waals surface area (Å²) in [5.74, 6) is -4.20. The van der Waals surface area contributed by atoms with E-state index in [-0.39, 0.29) is 28.8 Å². The topological polar surface area (TPSA) is 184 Å². The van der Waals surface area contributed by atoms with Gasteiger partial charge in [-0.25, -0.2) is 32.0 Å². The predicted molar refractivity (Wildman–Crippen MR) is 197 cm³/mol. The van der Waals surface area contributed by atoms with Gasteiger partial charge >= 0.3 is 5.97 Å². The van der Waals surface area contributed by atoms with Gasteiger partial charge in [0.2, 0.25) is 0 Å². The number of hydrogen-bond acceptors (Lipinski definition) is 10. The summed E-state index contributed by atoms with van der Waals surface area (Å²) >= 11 is 0. The molecular formula is C38H37F2N7O7S. The number of halogens is 2. The molecule has 0 spiro atoms. The summed E-state index contributed by atoms with van der Waals surface area (Å²) in [4.78, 5) is 54.1. The molecule has 1 fully saturated rings. The third-order valence-electron chi connectivity index (χ3n) is 9.59. The van der Waals surface area contributed by atoms with Crippen LogP contribution >= 0.6 is 0 Å². The van der Waals surface area contributed by atoms with Crippen molar-refractivity contribution < 1.29 is 41.4 Å². The highest BCUT2D eigenvalue weighted by molar-refractivity contribution is 7.92. The zero-order valence-corrected chi connectivity index (χ0v) is 30.9. The smallest absolute Gasteiger partial charge is 0.326 e. The van der Waals surface area contributed by atoms with Crippen LogP contribution in [0.5, 0.6) is 0 Å². The van der Waals surface area contributed by atoms with Crippen LogP contribution in [0, 0.1) is 11.6 Å². The first-order valence-corrected chi connectivity index (χ1v) is 18.6. The number of ether oxygens (including phenoxy) is 1. The largest absolute Gasteiger partial charge is 0.480 e. The molecule has 4 aromatic rings. The molecule has 2 aliphatic heterocycles. The number of benzene rings is 2. The second-order valence-electron chi connectivity index (χ2n) is 13.1. The molecule has 14 nitrogen and oxygen atoms in total. The lowest BCUT2D eigenvalue weighted by Gasteiger charge is -2.36. The van der Waals surface area contributed by atoms with Crippen LogP contribution in [0.1, 0.15) is 53.1 Å². The number of hydrogen-bond donors (Lipinski definition) is 3. The Labute approximate surface area is 315 Å². The number of rotatable bonds is 11. The van der Waals surface area contributed by atoms with Gasteiger partial charge in [0.15, 0.2) is 0 Å². The molecule has 1 saturated heterocycles. The van der Waals surface area contributed by atoms with Crippen LogP contribution in [0.3, 0.4) is 0 Å². The molecule has 2 amide bonds. The molecule has 0 bridgehead atoms. The van der Waals surface area contributed by atoms with Crippen molar-refractivity contribution in [2.24, 2.45) is 0 Å². The fourth-order valence-electron chi connectivity index (χ4n) is 6.18. The van der Waals surface area contributed by atoms with E-state index in [1.807, 2.05) is 4.72 Å². The number of amides is 2. The number of carboxylic acid groups (broad SMARTS) is 1. The van der Waals surface area contributed by atoms with Gasteiger partial charge in [-0.2, -0.15) is 0 Å². The highest BCUT2D eigenvalue weighted by Crippen LogP contribution is 2.31. The Balaban J connectivity index is 1.11. The summed E-state index contributed by atoms with van der Waals surface area (Å²) in [5.41, 5.74) is 1.39. The standard InChI is InChI=1S/C38H37F2N7O7S/c1-21-34(37(49)47(4)22(2)46(21)3)25-5-8-27(41-18-25)15-33(38(50)51)44-36(48)29-16-31(40)32(17-30(29)39)45-55(52,53)28-9-6-23(7-10-28)26-19-42-35(43-20-26)24-11-13-54-14-12-24/h5-10,16-20,24,33,45H,2,11-15H2,1,3-4H3,(H,44,48)(H,50,51)/t33-/m0/s1. The maximum Gasteiger partial charge on any atom is 0.326 e. The Bertz CT molecular complexity index is 2300. The second kappa shape index (κ2) is 15.7. The van der Waals surface area contributed by atoms with Gasteiger partial charge in [0, 0.05) is 86.8 Å². The second-order valence-corrected chi connectivity index (χ2v) is 14.7. The number of sulfonamides is 1. The zero-order chi connectivity index (χ0) is 39.6. The Morgan fingerprint density at radius 2 is 1.58 bits per heavy atom. The van der Waals surface area contributed by atoms with E-state index in [1.165, 1.54) is 41.4 Å². The fourth-order valence-corrected chi connectivity index (χ4v) is 7.24. The van der Waals surface area contributed by atoms with Crippen molar-refractivity contribution in [3.63, 3.8) is 0 Å². The van der Waals surface area contributed by atoms with Crippen LogP contribution < -0.4 is 10.0 Å². The maximum atomic E-state index is 15.2. The number of aromatic nitrogens is 3. The average molecular weight is 774 g/mol. The fraction of sp³-hybridized carbons (Fsp3) is 0.263. The summed E-state index contributed by atoms with van der Waals surface area (Å²) in [6.07, 6.45) is 6.03. The molecule has 6 rings (SSSR count). The lowest BCUT2D eigenvalue weighted by atomic mass is 9.99. The van der Waals surface area contributed by atoms with Crippen LogP contribution in [0.2, 0.25) is 0 Å². The SMILES string of the molecule is C=C1N(C)C(=O)C(c2ccc(C[C@H](NC(=O)c3cc(F)c(NS(=O)(=O)c4ccc(-c5cnc(C6CCOCC6)nc5)cc4)cc3F)C(=O)O)nc2)=C(C)N1C. The van der Waals surface area contributed by atoms with Crippen molar-refractivity contribution in [2.45, 2.75) is 43.0 Å². The summed E-state index contributed by atoms with van der Waals surface area (Å²) in [5, 5.41) is 12.0. The van der Waals surface area contributed by atoms with Crippen molar-refractivity contribution in [2.75, 3.05) is 32.0 Å². The minimum atomic E-state index is -4.41. The Hall–Kier alpha value is -6.07. The molecule has 0 saturated carbocycles. The van der Waals surface area contributed by atoms with Gasteiger partial charge < -0.3 is 20.1 Å². The van der Waals surface area contributed by atoms with Crippen molar-refractivity contribution in [3.05, 3.63) is 119 Å². The summed E-state index contributed by atoms with van der Waals surface area (Å²) in [6.45, 7) is 6.94. The van der Waals surface area contributed by atoms with E-state index in [4.69, 9.17) is 4.74 Å². The number of carboxylic acids is 1. The van der Waals surface area contributed by atoms with Crippen molar-refractivity contribution >= 4 is 39.1 Å². The van der Waals surface area contributed by atoms with Gasteiger partial charge in [-0.05, 0) is 49.6 Å². The molecule has 0 aliphatic carbocycles. The Morgan fingerprint density at radius 1 is 0.945 bits per heavy atom. The number of aliphatic carboxylic acids is 1. The molecule has 2 aliphatic rings. The molecule has 286 valence electrons. The molecule has 0 unspecified atom stereocenters. The Morgan fingerprint density at radius 3 is 2.20 bits per heavy atom. The highest BCUT2D eigenvalue weighted by Gasteiger charge is 2.31. The van der Waals surface area contributed by atoms with E-state index in [1.54, 1.807) is 44.4 Å². The first-order chi connectivity index (χ1) is 26.1. The van der Waals surface area contributed by atoms with E-state index in [9.17, 15) is 27.9 Å². The van der Waals surface area contributed by atoms with Gasteiger partial charge in [-0.3, -0.25) is 24.2 Å². The van der Waals surface area contributed by atoms with Crippen LogP contribution in [-0.2, 0) is 30.8 Å². The molecule has 2 aromatic heterocycles. The lowest BCUT2D eigenvalue weighted by molar-refractivity contribution is -0.139. The number of carbonyl (C=O) groups is 3. The molecule has 3 N–H and O–H groups in total. The van der Waals surface area contributed by atoms with Crippen LogP contribution in [-0.4, -0.2) is 89.4 Å². The van der Waals surface area contributed by atoms with Gasteiger partial charge in [-0.1, -0.05) is 24.8 Å². The first-order valence-electron chi connectivity index (χ1n) is 17.1. The summed E-state index contributed by atoms with van der Waals surface area (Å²) < 4.78 is 64.0. The third-order valence-corrected chi connectivity index (χ3v) is 11.0. The van der Waals surface area contributed by atoms with E-state index < -0.39 is 50.8 Å². The van der Waals surface area contributed by atoms with E-state index in [0.29, 0.717) is 65.0 Å². The monoisotopic (exact) mass is 773 g/mol.